The molecule has 1 amide bonds. The lowest BCUT2D eigenvalue weighted by Crippen LogP contribution is -2.40. The summed E-state index contributed by atoms with van der Waals surface area (Å²) in [5.41, 5.74) is 3.52. The Hall–Kier alpha value is -1.36. The zero-order valence-corrected chi connectivity index (χ0v) is 16.8. The van der Waals surface area contributed by atoms with Gasteiger partial charge in [0.2, 0.25) is 5.91 Å². The third kappa shape index (κ3) is 5.06. The van der Waals surface area contributed by atoms with Gasteiger partial charge in [0.15, 0.2) is 0 Å². The first kappa shape index (κ1) is 20.0. The lowest BCUT2D eigenvalue weighted by molar-refractivity contribution is -0.133. The topological polar surface area (TPSA) is 47.4 Å². The van der Waals surface area contributed by atoms with Gasteiger partial charge in [-0.3, -0.25) is 9.48 Å². The molecule has 1 aromatic rings. The van der Waals surface area contributed by atoms with Gasteiger partial charge in [0.05, 0.1) is 11.8 Å². The molecule has 1 heterocycles. The summed E-state index contributed by atoms with van der Waals surface area (Å²) < 4.78 is 7.52. The Balaban J connectivity index is 1.90. The molecule has 1 saturated carbocycles. The highest BCUT2D eigenvalue weighted by Crippen LogP contribution is 2.25. The predicted octanol–water partition coefficient (Wildman–Crippen LogP) is 3.50. The van der Waals surface area contributed by atoms with Gasteiger partial charge < -0.3 is 9.64 Å². The molecule has 0 saturated heterocycles. The van der Waals surface area contributed by atoms with Gasteiger partial charge >= 0.3 is 0 Å². The van der Waals surface area contributed by atoms with Gasteiger partial charge in [0.1, 0.15) is 0 Å². The van der Waals surface area contributed by atoms with Crippen molar-refractivity contribution in [2.45, 2.75) is 84.9 Å². The van der Waals surface area contributed by atoms with E-state index in [0.717, 1.165) is 44.3 Å². The molecule has 1 aliphatic carbocycles. The molecule has 0 aliphatic heterocycles. The monoisotopic (exact) mass is 349 g/mol. The van der Waals surface area contributed by atoms with Crippen molar-refractivity contribution in [2.75, 3.05) is 14.2 Å². The van der Waals surface area contributed by atoms with Crippen LogP contribution in [0.15, 0.2) is 0 Å². The Morgan fingerprint density at radius 1 is 1.28 bits per heavy atom. The maximum atomic E-state index is 12.6. The van der Waals surface area contributed by atoms with Gasteiger partial charge in [0.25, 0.3) is 0 Å². The average molecular weight is 350 g/mol. The molecule has 2 rings (SSSR count). The number of aromatic nitrogens is 2. The summed E-state index contributed by atoms with van der Waals surface area (Å²) in [4.78, 5) is 14.6. The number of aryl methyl sites for hydroxylation is 1. The highest BCUT2D eigenvalue weighted by atomic mass is 16.5. The van der Waals surface area contributed by atoms with Crippen LogP contribution < -0.4 is 0 Å². The van der Waals surface area contributed by atoms with Crippen molar-refractivity contribution in [3.8, 4) is 0 Å². The van der Waals surface area contributed by atoms with Gasteiger partial charge in [-0.2, -0.15) is 5.10 Å². The Labute approximate surface area is 152 Å². The second kappa shape index (κ2) is 8.84. The third-order valence-corrected chi connectivity index (χ3v) is 5.58. The molecule has 5 heteroatoms. The van der Waals surface area contributed by atoms with E-state index in [1.54, 1.807) is 7.11 Å². The molecule has 0 aromatic carbocycles. The Kier molecular flexibility index (Phi) is 7.05. The van der Waals surface area contributed by atoms with Crippen LogP contribution >= 0.6 is 0 Å². The fraction of sp³-hybridized carbons (Fsp3) is 0.800. The second-order valence-electron chi connectivity index (χ2n) is 7.90. The summed E-state index contributed by atoms with van der Waals surface area (Å²) in [6.45, 7) is 9.51. The van der Waals surface area contributed by atoms with E-state index in [1.165, 1.54) is 11.3 Å². The number of carbonyl (C=O) groups is 1. The van der Waals surface area contributed by atoms with Crippen molar-refractivity contribution in [1.29, 1.82) is 0 Å². The number of methoxy groups -OCH3 is 1. The Morgan fingerprint density at radius 3 is 2.48 bits per heavy atom. The maximum absolute atomic E-state index is 12.6. The number of ether oxygens (including phenoxy) is 1. The summed E-state index contributed by atoms with van der Waals surface area (Å²) in [6, 6.07) is 0.366. The van der Waals surface area contributed by atoms with Crippen LogP contribution in [0.1, 0.15) is 62.9 Å². The van der Waals surface area contributed by atoms with Gasteiger partial charge in [-0.05, 0) is 57.4 Å². The van der Waals surface area contributed by atoms with Gasteiger partial charge in [0, 0.05) is 38.9 Å². The van der Waals surface area contributed by atoms with Gasteiger partial charge in [-0.25, -0.2) is 0 Å². The minimum Gasteiger partial charge on any atom is -0.381 e. The van der Waals surface area contributed by atoms with E-state index in [4.69, 9.17) is 4.74 Å². The largest absolute Gasteiger partial charge is 0.381 e. The number of amides is 1. The van der Waals surface area contributed by atoms with E-state index in [0.29, 0.717) is 24.5 Å². The Bertz CT molecular complexity index is 572. The molecule has 0 unspecified atom stereocenters. The van der Waals surface area contributed by atoms with E-state index in [1.807, 2.05) is 11.9 Å². The first-order valence-corrected chi connectivity index (χ1v) is 9.64. The molecule has 1 aromatic heterocycles. The zero-order valence-electron chi connectivity index (χ0n) is 16.8. The normalized spacial score (nSPS) is 20.9. The van der Waals surface area contributed by atoms with Crippen LogP contribution in [0.2, 0.25) is 0 Å². The second-order valence-corrected chi connectivity index (χ2v) is 7.90. The standard InChI is InChI=1S/C20H35N3O2/c1-14(2)13-23-16(4)19(15(3)21-23)11-12-20(24)22(5)17-7-9-18(25-6)10-8-17/h14,17-18H,7-13H2,1-6H3. The van der Waals surface area contributed by atoms with Crippen LogP contribution in [0, 0.1) is 19.8 Å². The fourth-order valence-corrected chi connectivity index (χ4v) is 3.90. The molecule has 142 valence electrons. The van der Waals surface area contributed by atoms with Crippen molar-refractivity contribution in [1.82, 2.24) is 14.7 Å². The molecule has 1 fully saturated rings. The van der Waals surface area contributed by atoms with Crippen LogP contribution in [0.25, 0.3) is 0 Å². The molecule has 5 nitrogen and oxygen atoms in total. The van der Waals surface area contributed by atoms with Gasteiger partial charge in [-0.1, -0.05) is 13.8 Å². The number of hydrogen-bond donors (Lipinski definition) is 0. The van der Waals surface area contributed by atoms with Crippen LogP contribution in [0.4, 0.5) is 0 Å². The average Bonchev–Trinajstić information content (AvgIpc) is 2.85. The summed E-state index contributed by atoms with van der Waals surface area (Å²) in [6.07, 6.45) is 5.92. The predicted molar refractivity (Wildman–Crippen MR) is 101 cm³/mol. The highest BCUT2D eigenvalue weighted by molar-refractivity contribution is 5.76. The van der Waals surface area contributed by atoms with Gasteiger partial charge in [-0.15, -0.1) is 0 Å². The molecule has 1 aliphatic rings. The number of carbonyl (C=O) groups excluding carboxylic acids is 1. The summed E-state index contributed by atoms with van der Waals surface area (Å²) >= 11 is 0. The van der Waals surface area contributed by atoms with Crippen molar-refractivity contribution in [2.24, 2.45) is 5.92 Å². The molecule has 0 N–H and O–H groups in total. The van der Waals surface area contributed by atoms with E-state index in [9.17, 15) is 4.79 Å². The van der Waals surface area contributed by atoms with E-state index >= 15 is 0 Å². The van der Waals surface area contributed by atoms with Crippen LogP contribution in [-0.2, 0) is 22.5 Å². The van der Waals surface area contributed by atoms with E-state index < -0.39 is 0 Å². The molecule has 25 heavy (non-hydrogen) atoms. The van der Waals surface area contributed by atoms with E-state index in [-0.39, 0.29) is 5.91 Å². The fourth-order valence-electron chi connectivity index (χ4n) is 3.90. The van der Waals surface area contributed by atoms with Crippen molar-refractivity contribution >= 4 is 5.91 Å². The molecular formula is C20H35N3O2. The first-order chi connectivity index (χ1) is 11.8. The SMILES string of the molecule is COC1CCC(N(C)C(=O)CCc2c(C)nn(CC(C)C)c2C)CC1. The number of rotatable bonds is 7. The van der Waals surface area contributed by atoms with Crippen LogP contribution in [0.3, 0.4) is 0 Å². The lowest BCUT2D eigenvalue weighted by atomic mass is 9.92. The minimum absolute atomic E-state index is 0.247. The Morgan fingerprint density at radius 2 is 1.92 bits per heavy atom. The van der Waals surface area contributed by atoms with Crippen molar-refractivity contribution in [3.05, 3.63) is 17.0 Å². The lowest BCUT2D eigenvalue weighted by Gasteiger charge is -2.34. The molecular weight excluding hydrogens is 314 g/mol. The van der Waals surface area contributed by atoms with Crippen molar-refractivity contribution in [3.63, 3.8) is 0 Å². The first-order valence-electron chi connectivity index (χ1n) is 9.64. The smallest absolute Gasteiger partial charge is 0.222 e. The highest BCUT2D eigenvalue weighted by Gasteiger charge is 2.26. The third-order valence-electron chi connectivity index (χ3n) is 5.58. The van der Waals surface area contributed by atoms with Crippen LogP contribution in [0.5, 0.6) is 0 Å². The summed E-state index contributed by atoms with van der Waals surface area (Å²) in [5.74, 6) is 0.817. The molecule has 0 spiro atoms. The molecule has 0 radical (unpaired) electrons. The quantitative estimate of drug-likeness (QED) is 0.757. The summed E-state index contributed by atoms with van der Waals surface area (Å²) in [5, 5.41) is 4.66. The molecule has 0 atom stereocenters. The summed E-state index contributed by atoms with van der Waals surface area (Å²) in [7, 11) is 3.74. The number of hydrogen-bond acceptors (Lipinski definition) is 3. The zero-order chi connectivity index (χ0) is 18.6. The molecule has 0 bridgehead atoms. The van der Waals surface area contributed by atoms with Crippen LogP contribution in [-0.4, -0.2) is 46.9 Å². The maximum Gasteiger partial charge on any atom is 0.222 e. The number of nitrogens with zero attached hydrogens (tertiary/aromatic N) is 3. The minimum atomic E-state index is 0.247. The van der Waals surface area contributed by atoms with Crippen molar-refractivity contribution < 1.29 is 9.53 Å². The van der Waals surface area contributed by atoms with E-state index in [2.05, 4.69) is 37.5 Å².